The maximum absolute atomic E-state index is 11.7. The Morgan fingerprint density at radius 3 is 2.80 bits per heavy atom. The van der Waals surface area contributed by atoms with Gasteiger partial charge in [0.15, 0.2) is 0 Å². The van der Waals surface area contributed by atoms with Crippen LogP contribution in [-0.4, -0.2) is 16.6 Å². The Labute approximate surface area is 122 Å². The summed E-state index contributed by atoms with van der Waals surface area (Å²) in [5, 5.41) is 2.90. The topological polar surface area (TPSA) is 54.4 Å². The zero-order valence-electron chi connectivity index (χ0n) is 10.7. The van der Waals surface area contributed by atoms with Gasteiger partial charge >= 0.3 is 0 Å². The van der Waals surface area contributed by atoms with E-state index in [0.717, 1.165) is 27.5 Å². The average molecular weight is 287 g/mol. The Kier molecular flexibility index (Phi) is 3.99. The Hall–Kier alpha value is -2.01. The molecular formula is C15H17N3OS. The van der Waals surface area contributed by atoms with Crippen LogP contribution in [0.5, 0.6) is 0 Å². The molecule has 0 spiro atoms. The molecule has 3 rings (SSSR count). The lowest BCUT2D eigenvalue weighted by atomic mass is 10.00. The van der Waals surface area contributed by atoms with Gasteiger partial charge in [-0.2, -0.15) is 0 Å². The highest BCUT2D eigenvalue weighted by Crippen LogP contribution is 2.35. The summed E-state index contributed by atoms with van der Waals surface area (Å²) >= 11 is 1.57. The standard InChI is InChI=1S/C14H13N3OS.CH4/c1-8(2)14(18)16-9-3-4-11-10(5-9)13(17-11)12-6-15-7-19-12;/h3-8H,1-2H3,(H,16,18);1H4. The Balaban J connectivity index is 0.00000147. The molecule has 1 aliphatic rings. The summed E-state index contributed by atoms with van der Waals surface area (Å²) in [6, 6.07) is 5.78. The molecule has 4 nitrogen and oxygen atoms in total. The Morgan fingerprint density at radius 2 is 2.15 bits per heavy atom. The molecule has 0 unspecified atom stereocenters. The summed E-state index contributed by atoms with van der Waals surface area (Å²) in [6.45, 7) is 3.75. The van der Waals surface area contributed by atoms with Crippen molar-refractivity contribution in [3.05, 3.63) is 40.3 Å². The van der Waals surface area contributed by atoms with Crippen molar-refractivity contribution >= 4 is 34.3 Å². The van der Waals surface area contributed by atoms with E-state index < -0.39 is 0 Å². The molecule has 20 heavy (non-hydrogen) atoms. The Bertz CT molecular complexity index is 660. The first kappa shape index (κ1) is 14.4. The van der Waals surface area contributed by atoms with Gasteiger partial charge in [0.25, 0.3) is 0 Å². The number of aliphatic imine (C=N–C) groups is 1. The van der Waals surface area contributed by atoms with Crippen molar-refractivity contribution in [2.45, 2.75) is 21.3 Å². The number of carbonyl (C=O) groups is 1. The van der Waals surface area contributed by atoms with Gasteiger partial charge in [-0.1, -0.05) is 21.3 Å². The monoisotopic (exact) mass is 287 g/mol. The van der Waals surface area contributed by atoms with Crippen molar-refractivity contribution < 1.29 is 4.79 Å². The molecule has 0 fully saturated rings. The summed E-state index contributed by atoms with van der Waals surface area (Å²) < 4.78 is 0. The van der Waals surface area contributed by atoms with Crippen molar-refractivity contribution in [2.24, 2.45) is 10.9 Å². The van der Waals surface area contributed by atoms with E-state index in [-0.39, 0.29) is 19.3 Å². The molecule has 0 atom stereocenters. The van der Waals surface area contributed by atoms with E-state index in [9.17, 15) is 4.79 Å². The molecule has 0 saturated carbocycles. The SMILES string of the molecule is C.CC(C)C(=O)Nc1ccc2c(c1)C(c1cncs1)=N2. The number of fused-ring (bicyclic) bond motifs is 1. The maximum atomic E-state index is 11.7. The number of aromatic nitrogens is 1. The van der Waals surface area contributed by atoms with Gasteiger partial charge in [0.2, 0.25) is 5.91 Å². The van der Waals surface area contributed by atoms with Gasteiger partial charge in [0.1, 0.15) is 0 Å². The molecule has 0 aliphatic carbocycles. The number of nitrogens with zero attached hydrogens (tertiary/aromatic N) is 2. The van der Waals surface area contributed by atoms with Crippen LogP contribution in [-0.2, 0) is 4.79 Å². The van der Waals surface area contributed by atoms with Crippen LogP contribution in [0.3, 0.4) is 0 Å². The van der Waals surface area contributed by atoms with Gasteiger partial charge < -0.3 is 5.32 Å². The highest BCUT2D eigenvalue weighted by molar-refractivity contribution is 7.12. The third kappa shape index (κ3) is 2.49. The van der Waals surface area contributed by atoms with Crippen LogP contribution in [0.15, 0.2) is 34.9 Å². The molecule has 0 saturated heterocycles. The number of benzene rings is 1. The first-order valence-electron chi connectivity index (χ1n) is 6.08. The molecule has 0 radical (unpaired) electrons. The van der Waals surface area contributed by atoms with Crippen LogP contribution < -0.4 is 5.32 Å². The lowest BCUT2D eigenvalue weighted by Gasteiger charge is -2.18. The molecule has 1 aromatic heterocycles. The zero-order valence-corrected chi connectivity index (χ0v) is 11.5. The van der Waals surface area contributed by atoms with Crippen molar-refractivity contribution in [2.75, 3.05) is 5.32 Å². The number of hydrogen-bond donors (Lipinski definition) is 1. The number of amides is 1. The first-order chi connectivity index (χ1) is 9.15. The number of hydrogen-bond acceptors (Lipinski definition) is 4. The van der Waals surface area contributed by atoms with E-state index in [1.54, 1.807) is 16.8 Å². The van der Waals surface area contributed by atoms with Gasteiger partial charge in [-0.05, 0) is 18.2 Å². The van der Waals surface area contributed by atoms with Crippen LogP contribution in [0.4, 0.5) is 11.4 Å². The average Bonchev–Trinajstić information content (AvgIpc) is 2.86. The third-order valence-corrected chi connectivity index (χ3v) is 3.72. The van der Waals surface area contributed by atoms with Crippen LogP contribution >= 0.6 is 11.3 Å². The molecule has 0 bridgehead atoms. The van der Waals surface area contributed by atoms with Crippen molar-refractivity contribution in [1.82, 2.24) is 4.98 Å². The predicted octanol–water partition coefficient (Wildman–Crippen LogP) is 3.86. The molecule has 1 aromatic carbocycles. The van der Waals surface area contributed by atoms with E-state index in [1.807, 2.05) is 38.2 Å². The fraction of sp³-hybridized carbons (Fsp3) is 0.267. The zero-order chi connectivity index (χ0) is 13.4. The summed E-state index contributed by atoms with van der Waals surface area (Å²) in [7, 11) is 0. The second-order valence-electron chi connectivity index (χ2n) is 4.70. The number of rotatable bonds is 3. The van der Waals surface area contributed by atoms with Gasteiger partial charge in [-0.25, -0.2) is 4.99 Å². The molecule has 104 valence electrons. The fourth-order valence-corrected chi connectivity index (χ4v) is 2.46. The summed E-state index contributed by atoms with van der Waals surface area (Å²) in [5.41, 5.74) is 5.60. The smallest absolute Gasteiger partial charge is 0.226 e. The van der Waals surface area contributed by atoms with Gasteiger partial charge in [-0.3, -0.25) is 9.78 Å². The number of nitrogens with one attached hydrogen (secondary N) is 1. The van der Waals surface area contributed by atoms with E-state index in [0.29, 0.717) is 0 Å². The summed E-state index contributed by atoms with van der Waals surface area (Å²) in [5.74, 6) is -0.00347. The minimum atomic E-state index is -0.0271. The van der Waals surface area contributed by atoms with Gasteiger partial charge in [0.05, 0.1) is 21.8 Å². The summed E-state index contributed by atoms with van der Waals surface area (Å²) in [6.07, 6.45) is 1.81. The normalized spacial score (nSPS) is 12.1. The predicted molar refractivity (Wildman–Crippen MR) is 84.1 cm³/mol. The number of anilines is 1. The molecule has 5 heteroatoms. The van der Waals surface area contributed by atoms with E-state index in [4.69, 9.17) is 0 Å². The van der Waals surface area contributed by atoms with Crippen LogP contribution in [0.25, 0.3) is 0 Å². The molecule has 1 N–H and O–H groups in total. The second kappa shape index (κ2) is 5.54. The Morgan fingerprint density at radius 1 is 1.35 bits per heavy atom. The van der Waals surface area contributed by atoms with Crippen molar-refractivity contribution in [3.8, 4) is 0 Å². The second-order valence-corrected chi connectivity index (χ2v) is 5.59. The van der Waals surface area contributed by atoms with E-state index in [1.165, 1.54) is 0 Å². The lowest BCUT2D eigenvalue weighted by Crippen LogP contribution is -2.18. The molecule has 2 heterocycles. The third-order valence-electron chi connectivity index (χ3n) is 2.94. The quantitative estimate of drug-likeness (QED) is 0.795. The highest BCUT2D eigenvalue weighted by Gasteiger charge is 2.22. The number of carbonyl (C=O) groups excluding carboxylic acids is 1. The molecule has 1 aliphatic heterocycles. The maximum Gasteiger partial charge on any atom is 0.226 e. The molecular weight excluding hydrogens is 270 g/mol. The fourth-order valence-electron chi connectivity index (χ4n) is 1.84. The largest absolute Gasteiger partial charge is 0.326 e. The minimum Gasteiger partial charge on any atom is -0.326 e. The summed E-state index contributed by atoms with van der Waals surface area (Å²) in [4.78, 5) is 21.3. The highest BCUT2D eigenvalue weighted by atomic mass is 32.1. The van der Waals surface area contributed by atoms with Crippen LogP contribution in [0, 0.1) is 5.92 Å². The van der Waals surface area contributed by atoms with E-state index in [2.05, 4.69) is 15.3 Å². The van der Waals surface area contributed by atoms with Crippen molar-refractivity contribution in [1.29, 1.82) is 0 Å². The van der Waals surface area contributed by atoms with Gasteiger partial charge in [-0.15, -0.1) is 11.3 Å². The first-order valence-corrected chi connectivity index (χ1v) is 6.96. The van der Waals surface area contributed by atoms with Crippen molar-refractivity contribution in [3.63, 3.8) is 0 Å². The lowest BCUT2D eigenvalue weighted by molar-refractivity contribution is -0.118. The molecule has 1 amide bonds. The van der Waals surface area contributed by atoms with Crippen LogP contribution in [0.1, 0.15) is 31.7 Å². The number of thiazole rings is 1. The van der Waals surface area contributed by atoms with E-state index >= 15 is 0 Å². The molecule has 2 aromatic rings. The van der Waals surface area contributed by atoms with Gasteiger partial charge in [0, 0.05) is 23.4 Å². The van der Waals surface area contributed by atoms with Crippen LogP contribution in [0.2, 0.25) is 0 Å². The minimum absolute atomic E-state index is 0.